The van der Waals surface area contributed by atoms with Gasteiger partial charge in [0.2, 0.25) is 11.8 Å². The molecule has 1 unspecified atom stereocenters. The fourth-order valence-corrected chi connectivity index (χ4v) is 5.22. The first kappa shape index (κ1) is 30.6. The number of hydrogen-bond donors (Lipinski definition) is 3. The highest BCUT2D eigenvalue weighted by Gasteiger charge is 2.48. The van der Waals surface area contributed by atoms with Gasteiger partial charge >= 0.3 is 0 Å². The Morgan fingerprint density at radius 2 is 1.70 bits per heavy atom. The summed E-state index contributed by atoms with van der Waals surface area (Å²) in [6.07, 6.45) is 4.00. The first-order valence-corrected chi connectivity index (χ1v) is 13.3. The first-order chi connectivity index (χ1) is 17.4. The average molecular weight is 520 g/mol. The number of aliphatic hydroxyl groups excluding tert-OH is 1. The Balaban J connectivity index is 2.54. The molecule has 1 aromatic carbocycles. The summed E-state index contributed by atoms with van der Waals surface area (Å²) in [6.45, 7) is 11.8. The van der Waals surface area contributed by atoms with Gasteiger partial charge in [-0.2, -0.15) is 0 Å². The molecule has 2 amide bonds. The van der Waals surface area contributed by atoms with Crippen LogP contribution in [0.5, 0.6) is 0 Å². The molecular weight excluding hydrogens is 476 g/mol. The molecule has 1 aliphatic rings. The number of nitrogens with zero attached hydrogens (tertiary/aromatic N) is 1. The fourth-order valence-electron chi connectivity index (χ4n) is 5.22. The molecule has 0 heterocycles. The zero-order valence-corrected chi connectivity index (χ0v) is 22.8. The summed E-state index contributed by atoms with van der Waals surface area (Å²) < 4.78 is 28.1. The average Bonchev–Trinajstić information content (AvgIpc) is 2.80. The van der Waals surface area contributed by atoms with Crippen LogP contribution in [0.1, 0.15) is 59.4 Å². The van der Waals surface area contributed by atoms with Crippen LogP contribution in [0.2, 0.25) is 0 Å². The monoisotopic (exact) mass is 519 g/mol. The summed E-state index contributed by atoms with van der Waals surface area (Å²) in [5, 5.41) is 14.6. The van der Waals surface area contributed by atoms with Gasteiger partial charge in [0, 0.05) is 37.2 Å². The summed E-state index contributed by atoms with van der Waals surface area (Å²) >= 11 is 0. The molecule has 1 aliphatic carbocycles. The number of nitrogens with one attached hydrogen (secondary N) is 1. The van der Waals surface area contributed by atoms with Gasteiger partial charge in [-0.05, 0) is 62.8 Å². The highest BCUT2D eigenvalue weighted by molar-refractivity contribution is 5.96. The van der Waals surface area contributed by atoms with Crippen molar-refractivity contribution in [3.8, 4) is 0 Å². The molecule has 0 saturated carbocycles. The minimum atomic E-state index is -1.42. The van der Waals surface area contributed by atoms with E-state index in [-0.39, 0.29) is 25.3 Å². The second kappa shape index (κ2) is 13.8. The number of halogens is 2. The molecule has 206 valence electrons. The lowest BCUT2D eigenvalue weighted by atomic mass is 9.63. The number of rotatable bonds is 14. The van der Waals surface area contributed by atoms with Gasteiger partial charge in [-0.3, -0.25) is 9.59 Å². The summed E-state index contributed by atoms with van der Waals surface area (Å²) in [5.41, 5.74) is 6.04. The maximum Gasteiger partial charge on any atom is 0.249 e. The maximum atomic E-state index is 14.1. The molecule has 6 nitrogen and oxygen atoms in total. The zero-order chi connectivity index (χ0) is 27.8. The fraction of sp³-hybridized carbons (Fsp3) is 0.586. The summed E-state index contributed by atoms with van der Waals surface area (Å²) in [6, 6.07) is 3.18. The van der Waals surface area contributed by atoms with Gasteiger partial charge in [0.1, 0.15) is 11.6 Å². The maximum absolute atomic E-state index is 14.1. The Morgan fingerprint density at radius 3 is 2.22 bits per heavy atom. The van der Waals surface area contributed by atoms with E-state index in [0.29, 0.717) is 42.3 Å². The van der Waals surface area contributed by atoms with Crippen molar-refractivity contribution in [1.29, 1.82) is 0 Å². The van der Waals surface area contributed by atoms with Gasteiger partial charge in [0.25, 0.3) is 0 Å². The third-order valence-electron chi connectivity index (χ3n) is 6.79. The van der Waals surface area contributed by atoms with E-state index >= 15 is 0 Å². The predicted molar refractivity (Wildman–Crippen MR) is 143 cm³/mol. The Labute approximate surface area is 220 Å². The molecular formula is C29H43F2N3O3. The van der Waals surface area contributed by atoms with Crippen molar-refractivity contribution in [3.63, 3.8) is 0 Å². The molecule has 0 fully saturated rings. The normalized spacial score (nSPS) is 19.3. The minimum absolute atomic E-state index is 0.00102. The van der Waals surface area contributed by atoms with Gasteiger partial charge in [0.05, 0.1) is 11.5 Å². The molecule has 2 rings (SSSR count). The number of amides is 2. The molecule has 0 spiro atoms. The van der Waals surface area contributed by atoms with Gasteiger partial charge in [-0.1, -0.05) is 45.4 Å². The molecule has 1 aromatic rings. The van der Waals surface area contributed by atoms with Crippen molar-refractivity contribution in [2.45, 2.75) is 66.4 Å². The number of allylic oxidation sites excluding steroid dienone is 2. The zero-order valence-electron chi connectivity index (χ0n) is 22.8. The second-order valence-corrected chi connectivity index (χ2v) is 10.6. The van der Waals surface area contributed by atoms with Crippen LogP contribution < -0.4 is 11.1 Å². The van der Waals surface area contributed by atoms with Crippen LogP contribution in [0.3, 0.4) is 0 Å². The van der Waals surface area contributed by atoms with E-state index in [2.05, 4.69) is 5.32 Å². The van der Waals surface area contributed by atoms with Gasteiger partial charge in [0.15, 0.2) is 0 Å². The number of primary amides is 1. The Bertz CT molecular complexity index is 982. The van der Waals surface area contributed by atoms with Gasteiger partial charge in [-0.25, -0.2) is 8.78 Å². The lowest BCUT2D eigenvalue weighted by molar-refractivity contribution is -0.132. The van der Waals surface area contributed by atoms with Crippen LogP contribution in [0.4, 0.5) is 8.78 Å². The summed E-state index contributed by atoms with van der Waals surface area (Å²) in [4.78, 5) is 28.5. The third-order valence-corrected chi connectivity index (χ3v) is 6.79. The molecule has 37 heavy (non-hydrogen) atoms. The predicted octanol–water partition coefficient (Wildman–Crippen LogP) is 4.13. The van der Waals surface area contributed by atoms with Crippen LogP contribution in [-0.4, -0.2) is 54.1 Å². The van der Waals surface area contributed by atoms with Crippen molar-refractivity contribution in [1.82, 2.24) is 10.2 Å². The summed E-state index contributed by atoms with van der Waals surface area (Å²) in [7, 11) is 0. The molecule has 0 radical (unpaired) electrons. The van der Waals surface area contributed by atoms with E-state index in [1.165, 1.54) is 12.1 Å². The molecule has 0 aliphatic heterocycles. The number of carbonyl (C=O) groups is 2. The summed E-state index contributed by atoms with van der Waals surface area (Å²) in [5.74, 6) is -2.83. The van der Waals surface area contributed by atoms with E-state index in [9.17, 15) is 23.5 Å². The van der Waals surface area contributed by atoms with Crippen molar-refractivity contribution in [2.75, 3.05) is 26.2 Å². The number of hydrogen-bond acceptors (Lipinski definition) is 4. The smallest absolute Gasteiger partial charge is 0.249 e. The van der Waals surface area contributed by atoms with Crippen molar-refractivity contribution in [2.24, 2.45) is 23.0 Å². The lowest BCUT2D eigenvalue weighted by Gasteiger charge is -2.42. The Hall–Kier alpha value is -2.58. The Morgan fingerprint density at radius 1 is 1.11 bits per heavy atom. The first-order valence-electron chi connectivity index (χ1n) is 13.3. The van der Waals surface area contributed by atoms with Crippen LogP contribution in [0, 0.1) is 28.9 Å². The SMILES string of the molecule is CCCN(CCC)C(=O)C1=CC(C)=CC(C(N)=O)([C@H](Cc2cc(F)cc(F)c2)[C@@H](O)CNCC(C)C)C1. The number of nitrogens with two attached hydrogens (primary N) is 1. The van der Waals surface area contributed by atoms with E-state index in [0.717, 1.165) is 18.9 Å². The van der Waals surface area contributed by atoms with E-state index in [1.54, 1.807) is 24.0 Å². The molecule has 8 heteroatoms. The largest absolute Gasteiger partial charge is 0.391 e. The van der Waals surface area contributed by atoms with Gasteiger partial charge < -0.3 is 21.1 Å². The topological polar surface area (TPSA) is 95.7 Å². The van der Waals surface area contributed by atoms with Crippen LogP contribution >= 0.6 is 0 Å². The van der Waals surface area contributed by atoms with Crippen LogP contribution in [0.25, 0.3) is 0 Å². The standard InChI is InChI=1S/C29H43F2N3O3/c1-6-8-34(9-7-2)27(36)22-10-20(5)15-29(16-22,28(32)37)25(26(35)18-33-17-19(3)4)13-21-11-23(30)14-24(31)12-21/h10-12,14-15,19,25-26,33,35H,6-9,13,16-18H2,1-5H3,(H2,32,37)/t25-,26+,29?/m1/s1. The Kier molecular flexibility index (Phi) is 11.4. The lowest BCUT2D eigenvalue weighted by Crippen LogP contribution is -2.52. The molecule has 3 atom stereocenters. The van der Waals surface area contributed by atoms with Gasteiger partial charge in [-0.15, -0.1) is 0 Å². The van der Waals surface area contributed by atoms with Crippen molar-refractivity contribution in [3.05, 3.63) is 58.7 Å². The highest BCUT2D eigenvalue weighted by atomic mass is 19.1. The van der Waals surface area contributed by atoms with Crippen LogP contribution in [-0.2, 0) is 16.0 Å². The van der Waals surface area contributed by atoms with E-state index < -0.39 is 35.0 Å². The molecule has 0 bridgehead atoms. The highest BCUT2D eigenvalue weighted by Crippen LogP contribution is 2.44. The third kappa shape index (κ3) is 8.20. The van der Waals surface area contributed by atoms with E-state index in [4.69, 9.17) is 5.73 Å². The minimum Gasteiger partial charge on any atom is -0.391 e. The quantitative estimate of drug-likeness (QED) is 0.345. The second-order valence-electron chi connectivity index (χ2n) is 10.6. The number of carbonyl (C=O) groups excluding carboxylic acids is 2. The van der Waals surface area contributed by atoms with E-state index in [1.807, 2.05) is 27.7 Å². The van der Waals surface area contributed by atoms with Crippen molar-refractivity contribution >= 4 is 11.8 Å². The van der Waals surface area contributed by atoms with Crippen molar-refractivity contribution < 1.29 is 23.5 Å². The molecule has 0 aromatic heterocycles. The number of aliphatic hydroxyl groups is 1. The molecule has 0 saturated heterocycles. The van der Waals surface area contributed by atoms with Crippen LogP contribution in [0.15, 0.2) is 41.5 Å². The number of benzene rings is 1. The molecule has 4 N–H and O–H groups in total.